The quantitative estimate of drug-likeness (QED) is 0.604. The Balaban J connectivity index is 2.92. The fraction of sp³-hybridized carbons (Fsp3) is 0.467. The highest BCUT2D eigenvalue weighted by Crippen LogP contribution is 2.15. The molecule has 116 valence electrons. The number of aryl methyl sites for hydroxylation is 1. The lowest BCUT2D eigenvalue weighted by Crippen LogP contribution is -2.39. The molecule has 0 bridgehead atoms. The van der Waals surface area contributed by atoms with Crippen LogP contribution in [0.15, 0.2) is 18.2 Å². The number of esters is 1. The van der Waals surface area contributed by atoms with Gasteiger partial charge in [0.25, 0.3) is 5.91 Å². The van der Waals surface area contributed by atoms with Crippen LogP contribution in [0.2, 0.25) is 0 Å². The standard InChI is InChI=1S/C15H22N2O4/c1-4-21-14(18)10-17(7-8-20-3)15(19)13-9-12(16)6-5-11(13)2/h5-6,9H,4,7-8,10,16H2,1-3H3. The van der Waals surface area contributed by atoms with Gasteiger partial charge >= 0.3 is 5.97 Å². The van der Waals surface area contributed by atoms with Crippen LogP contribution in [0.4, 0.5) is 5.69 Å². The van der Waals surface area contributed by atoms with Crippen LogP contribution in [0.3, 0.4) is 0 Å². The number of nitrogens with two attached hydrogens (primary N) is 1. The maximum absolute atomic E-state index is 12.6. The molecule has 21 heavy (non-hydrogen) atoms. The zero-order valence-electron chi connectivity index (χ0n) is 12.7. The summed E-state index contributed by atoms with van der Waals surface area (Å²) in [6.07, 6.45) is 0. The topological polar surface area (TPSA) is 81.9 Å². The van der Waals surface area contributed by atoms with Crippen LogP contribution in [0.5, 0.6) is 0 Å². The smallest absolute Gasteiger partial charge is 0.325 e. The van der Waals surface area contributed by atoms with Gasteiger partial charge in [-0.2, -0.15) is 0 Å². The van der Waals surface area contributed by atoms with E-state index in [2.05, 4.69) is 0 Å². The Bertz CT molecular complexity index is 502. The van der Waals surface area contributed by atoms with Gasteiger partial charge in [-0.15, -0.1) is 0 Å². The fourth-order valence-electron chi connectivity index (χ4n) is 1.86. The molecular formula is C15H22N2O4. The average molecular weight is 294 g/mol. The molecule has 1 amide bonds. The number of ether oxygens (including phenoxy) is 2. The number of nitrogens with zero attached hydrogens (tertiary/aromatic N) is 1. The molecule has 0 saturated carbocycles. The first kappa shape index (κ1) is 17.0. The van der Waals surface area contributed by atoms with Gasteiger partial charge in [0.05, 0.1) is 13.2 Å². The highest BCUT2D eigenvalue weighted by Gasteiger charge is 2.20. The Morgan fingerprint density at radius 1 is 1.33 bits per heavy atom. The van der Waals surface area contributed by atoms with Crippen LogP contribution >= 0.6 is 0 Å². The first-order chi connectivity index (χ1) is 9.99. The molecule has 0 heterocycles. The predicted molar refractivity (Wildman–Crippen MR) is 80.0 cm³/mol. The minimum atomic E-state index is -0.441. The summed E-state index contributed by atoms with van der Waals surface area (Å²) in [5.41, 5.74) is 7.52. The third-order valence-corrected chi connectivity index (χ3v) is 2.97. The largest absolute Gasteiger partial charge is 0.465 e. The molecule has 0 aromatic heterocycles. The molecule has 1 aromatic carbocycles. The summed E-state index contributed by atoms with van der Waals surface area (Å²) in [6.45, 7) is 4.37. The van der Waals surface area contributed by atoms with Gasteiger partial charge in [-0.25, -0.2) is 0 Å². The lowest BCUT2D eigenvalue weighted by atomic mass is 10.1. The molecule has 2 N–H and O–H groups in total. The molecule has 0 aliphatic rings. The Morgan fingerprint density at radius 3 is 2.67 bits per heavy atom. The first-order valence-electron chi connectivity index (χ1n) is 6.79. The van der Waals surface area contributed by atoms with Crippen molar-refractivity contribution < 1.29 is 19.1 Å². The van der Waals surface area contributed by atoms with Crippen molar-refractivity contribution in [1.29, 1.82) is 0 Å². The summed E-state index contributed by atoms with van der Waals surface area (Å²) in [7, 11) is 1.54. The number of carbonyl (C=O) groups is 2. The summed E-state index contributed by atoms with van der Waals surface area (Å²) >= 11 is 0. The van der Waals surface area contributed by atoms with Crippen molar-refractivity contribution in [1.82, 2.24) is 4.90 Å². The van der Waals surface area contributed by atoms with Crippen LogP contribution in [-0.4, -0.2) is 50.2 Å². The van der Waals surface area contributed by atoms with E-state index in [0.29, 0.717) is 24.4 Å². The molecule has 6 heteroatoms. The monoisotopic (exact) mass is 294 g/mol. The highest BCUT2D eigenvalue weighted by molar-refractivity contribution is 5.98. The molecule has 1 rings (SSSR count). The van der Waals surface area contributed by atoms with Gasteiger partial charge in [0.1, 0.15) is 6.54 Å². The van der Waals surface area contributed by atoms with Gasteiger partial charge in [0.15, 0.2) is 0 Å². The second-order valence-electron chi connectivity index (χ2n) is 4.60. The Labute approximate surface area is 124 Å². The van der Waals surface area contributed by atoms with Crippen molar-refractivity contribution in [3.05, 3.63) is 29.3 Å². The molecule has 6 nitrogen and oxygen atoms in total. The number of hydrogen-bond acceptors (Lipinski definition) is 5. The number of rotatable bonds is 7. The van der Waals surface area contributed by atoms with Crippen LogP contribution < -0.4 is 5.73 Å². The van der Waals surface area contributed by atoms with Gasteiger partial charge in [-0.1, -0.05) is 6.07 Å². The van der Waals surface area contributed by atoms with Gasteiger partial charge in [-0.05, 0) is 31.5 Å². The molecule has 0 saturated heterocycles. The number of nitrogen functional groups attached to an aromatic ring is 1. The first-order valence-corrected chi connectivity index (χ1v) is 6.79. The van der Waals surface area contributed by atoms with Crippen molar-refractivity contribution in [3.8, 4) is 0 Å². The number of hydrogen-bond donors (Lipinski definition) is 1. The Hall–Kier alpha value is -2.08. The summed E-state index contributed by atoms with van der Waals surface area (Å²) in [6, 6.07) is 5.13. The van der Waals surface area contributed by atoms with Crippen LogP contribution in [0.1, 0.15) is 22.8 Å². The normalized spacial score (nSPS) is 10.2. The van der Waals surface area contributed by atoms with Crippen molar-refractivity contribution in [2.24, 2.45) is 0 Å². The number of benzene rings is 1. The van der Waals surface area contributed by atoms with E-state index < -0.39 is 5.97 Å². The molecule has 0 spiro atoms. The molecule has 0 aliphatic heterocycles. The SMILES string of the molecule is CCOC(=O)CN(CCOC)C(=O)c1cc(N)ccc1C. The van der Waals surface area contributed by atoms with E-state index in [9.17, 15) is 9.59 Å². The van der Waals surface area contributed by atoms with Gasteiger partial charge in [-0.3, -0.25) is 9.59 Å². The fourth-order valence-corrected chi connectivity index (χ4v) is 1.86. The summed E-state index contributed by atoms with van der Waals surface area (Å²) < 4.78 is 9.88. The second kappa shape index (κ2) is 8.26. The maximum Gasteiger partial charge on any atom is 0.325 e. The number of anilines is 1. The molecular weight excluding hydrogens is 272 g/mol. The minimum Gasteiger partial charge on any atom is -0.465 e. The Morgan fingerprint density at radius 2 is 2.05 bits per heavy atom. The van der Waals surface area contributed by atoms with Crippen LogP contribution in [0, 0.1) is 6.92 Å². The van der Waals surface area contributed by atoms with E-state index in [-0.39, 0.29) is 19.1 Å². The molecule has 0 fully saturated rings. The zero-order chi connectivity index (χ0) is 15.8. The zero-order valence-corrected chi connectivity index (χ0v) is 12.7. The van der Waals surface area contributed by atoms with Crippen molar-refractivity contribution in [3.63, 3.8) is 0 Å². The van der Waals surface area contributed by atoms with E-state index in [4.69, 9.17) is 15.2 Å². The van der Waals surface area contributed by atoms with Gasteiger partial charge in [0.2, 0.25) is 0 Å². The predicted octanol–water partition coefficient (Wildman–Crippen LogP) is 1.23. The molecule has 0 aliphatic carbocycles. The number of methoxy groups -OCH3 is 1. The molecule has 1 aromatic rings. The van der Waals surface area contributed by atoms with E-state index >= 15 is 0 Å². The van der Waals surface area contributed by atoms with Gasteiger partial charge in [0, 0.05) is 24.9 Å². The third-order valence-electron chi connectivity index (χ3n) is 2.97. The summed E-state index contributed by atoms with van der Waals surface area (Å²) in [5.74, 6) is -0.701. The van der Waals surface area contributed by atoms with Gasteiger partial charge < -0.3 is 20.1 Å². The number of amides is 1. The van der Waals surface area contributed by atoms with E-state index in [1.54, 1.807) is 32.2 Å². The van der Waals surface area contributed by atoms with E-state index in [0.717, 1.165) is 5.56 Å². The van der Waals surface area contributed by atoms with E-state index in [1.807, 2.05) is 6.92 Å². The lowest BCUT2D eigenvalue weighted by molar-refractivity contribution is -0.143. The molecule has 0 unspecified atom stereocenters. The third kappa shape index (κ3) is 5.07. The summed E-state index contributed by atoms with van der Waals surface area (Å²) in [4.78, 5) is 25.6. The Kier molecular flexibility index (Phi) is 6.68. The van der Waals surface area contributed by atoms with Crippen molar-refractivity contribution in [2.75, 3.05) is 39.1 Å². The highest BCUT2D eigenvalue weighted by atomic mass is 16.5. The second-order valence-corrected chi connectivity index (χ2v) is 4.60. The minimum absolute atomic E-state index is 0.107. The number of carbonyl (C=O) groups excluding carboxylic acids is 2. The van der Waals surface area contributed by atoms with Crippen LogP contribution in [-0.2, 0) is 14.3 Å². The van der Waals surface area contributed by atoms with Crippen molar-refractivity contribution >= 4 is 17.6 Å². The summed E-state index contributed by atoms with van der Waals surface area (Å²) in [5, 5.41) is 0. The van der Waals surface area contributed by atoms with Crippen molar-refractivity contribution in [2.45, 2.75) is 13.8 Å². The van der Waals surface area contributed by atoms with Crippen LogP contribution in [0.25, 0.3) is 0 Å². The lowest BCUT2D eigenvalue weighted by Gasteiger charge is -2.22. The molecule has 0 radical (unpaired) electrons. The maximum atomic E-state index is 12.6. The molecule has 0 atom stereocenters. The van der Waals surface area contributed by atoms with E-state index in [1.165, 1.54) is 4.90 Å². The average Bonchev–Trinajstić information content (AvgIpc) is 2.45.